The molecule has 2 heterocycles. The second-order valence-corrected chi connectivity index (χ2v) is 8.57. The Morgan fingerprint density at radius 3 is 2.59 bits per heavy atom. The largest absolute Gasteiger partial charge is 0.309 e. The van der Waals surface area contributed by atoms with Gasteiger partial charge in [0.2, 0.25) is 5.95 Å². The fraction of sp³-hybridized carbons (Fsp3) is 0.273. The summed E-state index contributed by atoms with van der Waals surface area (Å²) in [4.78, 5) is 12.7. The second kappa shape index (κ2) is 6.34. The first-order valence-electron chi connectivity index (χ1n) is 9.32. The molecule has 1 aliphatic carbocycles. The number of fused-ring (bicyclic) bond motifs is 2. The van der Waals surface area contributed by atoms with Gasteiger partial charge in [0, 0.05) is 46.1 Å². The van der Waals surface area contributed by atoms with Gasteiger partial charge in [-0.3, -0.25) is 0 Å². The number of anilines is 2. The van der Waals surface area contributed by atoms with E-state index in [2.05, 4.69) is 40.0 Å². The molecule has 1 fully saturated rings. The molecular formula is C22H20FN3S. The summed E-state index contributed by atoms with van der Waals surface area (Å²) in [5.41, 5.74) is 4.16. The molecule has 1 aliphatic heterocycles. The van der Waals surface area contributed by atoms with Crippen molar-refractivity contribution in [1.82, 2.24) is 9.97 Å². The summed E-state index contributed by atoms with van der Waals surface area (Å²) in [7, 11) is 0. The number of halogens is 1. The molecule has 0 radical (unpaired) electrons. The Morgan fingerprint density at radius 2 is 1.89 bits per heavy atom. The van der Waals surface area contributed by atoms with Crippen LogP contribution in [0.1, 0.15) is 25.3 Å². The van der Waals surface area contributed by atoms with Gasteiger partial charge in [-0.2, -0.15) is 0 Å². The molecule has 0 N–H and O–H groups in total. The number of hydrogen-bond donors (Lipinski definition) is 0. The number of thioether (sulfide) groups is 1. The molecule has 3 aromatic rings. The second-order valence-electron chi connectivity index (χ2n) is 7.23. The van der Waals surface area contributed by atoms with Crippen LogP contribution in [0.5, 0.6) is 0 Å². The van der Waals surface area contributed by atoms with Crippen molar-refractivity contribution in [3.63, 3.8) is 0 Å². The van der Waals surface area contributed by atoms with Crippen LogP contribution in [0.25, 0.3) is 11.1 Å². The molecule has 27 heavy (non-hydrogen) atoms. The molecule has 5 heteroatoms. The van der Waals surface area contributed by atoms with E-state index in [9.17, 15) is 4.39 Å². The minimum atomic E-state index is -0.251. The van der Waals surface area contributed by atoms with Crippen LogP contribution in [-0.2, 0) is 5.41 Å². The summed E-state index contributed by atoms with van der Waals surface area (Å²) in [5, 5.41) is 0. The van der Waals surface area contributed by atoms with E-state index < -0.39 is 0 Å². The Morgan fingerprint density at radius 1 is 1.11 bits per heavy atom. The molecule has 0 amide bonds. The normalized spacial score (nSPS) is 16.6. The Kier molecular flexibility index (Phi) is 3.93. The molecule has 1 spiro atoms. The lowest BCUT2D eigenvalue weighted by Crippen LogP contribution is -2.21. The zero-order valence-electron chi connectivity index (χ0n) is 15.2. The summed E-state index contributed by atoms with van der Waals surface area (Å²) < 4.78 is 14.0. The highest BCUT2D eigenvalue weighted by Crippen LogP contribution is 2.58. The van der Waals surface area contributed by atoms with Crippen LogP contribution in [0.3, 0.4) is 0 Å². The van der Waals surface area contributed by atoms with E-state index >= 15 is 0 Å². The number of benzene rings is 2. The van der Waals surface area contributed by atoms with Gasteiger partial charge >= 0.3 is 0 Å². The van der Waals surface area contributed by atoms with Crippen LogP contribution in [-0.4, -0.2) is 22.3 Å². The maximum atomic E-state index is 14.0. The smallest absolute Gasteiger partial charge is 0.229 e. The summed E-state index contributed by atoms with van der Waals surface area (Å²) >= 11 is 1.85. The van der Waals surface area contributed by atoms with Crippen molar-refractivity contribution in [3.8, 4) is 11.1 Å². The molecule has 2 aromatic carbocycles. The molecule has 2 aliphatic rings. The van der Waals surface area contributed by atoms with Crippen LogP contribution in [0.4, 0.5) is 16.0 Å². The molecule has 3 nitrogen and oxygen atoms in total. The SMILES string of the molecule is CCSc1ccc2c(c1)N(c1ncc(-c3ccccc3F)cn1)CC21CC1. The molecule has 0 bridgehead atoms. The third-order valence-electron chi connectivity index (χ3n) is 5.52. The number of rotatable bonds is 4. The van der Waals surface area contributed by atoms with E-state index in [1.807, 2.05) is 17.8 Å². The van der Waals surface area contributed by atoms with E-state index in [0.29, 0.717) is 17.1 Å². The molecule has 0 saturated heterocycles. The van der Waals surface area contributed by atoms with Crippen LogP contribution in [0.15, 0.2) is 59.8 Å². The number of nitrogens with zero attached hydrogens (tertiary/aromatic N) is 3. The van der Waals surface area contributed by atoms with Crippen LogP contribution >= 0.6 is 11.8 Å². The van der Waals surface area contributed by atoms with Gasteiger partial charge < -0.3 is 4.90 Å². The van der Waals surface area contributed by atoms with Gasteiger partial charge in [0.05, 0.1) is 0 Å². The molecule has 136 valence electrons. The van der Waals surface area contributed by atoms with E-state index in [1.54, 1.807) is 24.5 Å². The van der Waals surface area contributed by atoms with Crippen LogP contribution in [0.2, 0.25) is 0 Å². The number of aromatic nitrogens is 2. The zero-order chi connectivity index (χ0) is 18.4. The van der Waals surface area contributed by atoms with Gasteiger partial charge in [0.25, 0.3) is 0 Å². The monoisotopic (exact) mass is 377 g/mol. The van der Waals surface area contributed by atoms with E-state index in [4.69, 9.17) is 0 Å². The molecule has 1 saturated carbocycles. The number of hydrogen-bond acceptors (Lipinski definition) is 4. The first-order valence-corrected chi connectivity index (χ1v) is 10.3. The molecule has 0 atom stereocenters. The van der Waals surface area contributed by atoms with Gasteiger partial charge in [-0.15, -0.1) is 11.8 Å². The zero-order valence-corrected chi connectivity index (χ0v) is 16.0. The standard InChI is InChI=1S/C22H20FN3S/c1-2-27-16-7-8-18-20(11-16)26(14-22(18)9-10-22)21-24-12-15(13-25-21)17-5-3-4-6-19(17)23/h3-8,11-13H,2,9-10,14H2,1H3. The van der Waals surface area contributed by atoms with Crippen LogP contribution < -0.4 is 4.90 Å². The highest BCUT2D eigenvalue weighted by atomic mass is 32.2. The lowest BCUT2D eigenvalue weighted by molar-refractivity contribution is 0.631. The van der Waals surface area contributed by atoms with Gasteiger partial charge in [0.15, 0.2) is 0 Å². The third kappa shape index (κ3) is 2.81. The minimum absolute atomic E-state index is 0.251. The van der Waals surface area contributed by atoms with Crippen molar-refractivity contribution in [2.24, 2.45) is 0 Å². The van der Waals surface area contributed by atoms with Gasteiger partial charge in [-0.25, -0.2) is 14.4 Å². The molecular weight excluding hydrogens is 357 g/mol. The minimum Gasteiger partial charge on any atom is -0.309 e. The predicted octanol–water partition coefficient (Wildman–Crippen LogP) is 5.58. The van der Waals surface area contributed by atoms with E-state index in [0.717, 1.165) is 12.3 Å². The van der Waals surface area contributed by atoms with E-state index in [-0.39, 0.29) is 11.2 Å². The predicted molar refractivity (Wildman–Crippen MR) is 108 cm³/mol. The maximum absolute atomic E-state index is 14.0. The topological polar surface area (TPSA) is 29.0 Å². The fourth-order valence-corrected chi connectivity index (χ4v) is 4.66. The highest BCUT2D eigenvalue weighted by Gasteiger charge is 2.52. The quantitative estimate of drug-likeness (QED) is 0.555. The van der Waals surface area contributed by atoms with Crippen molar-refractivity contribution in [1.29, 1.82) is 0 Å². The van der Waals surface area contributed by atoms with Crippen LogP contribution in [0, 0.1) is 5.82 Å². The average Bonchev–Trinajstić information content (AvgIpc) is 3.40. The molecule has 5 rings (SSSR count). The summed E-state index contributed by atoms with van der Waals surface area (Å²) in [6.07, 6.45) is 5.90. The Bertz CT molecular complexity index is 999. The van der Waals surface area contributed by atoms with E-state index in [1.165, 1.54) is 35.1 Å². The lowest BCUT2D eigenvalue weighted by atomic mass is 9.99. The van der Waals surface area contributed by atoms with Gasteiger partial charge in [-0.1, -0.05) is 31.2 Å². The summed E-state index contributed by atoms with van der Waals surface area (Å²) in [6.45, 7) is 3.10. The Labute approximate surface area is 162 Å². The van der Waals surface area contributed by atoms with Crippen molar-refractivity contribution in [3.05, 3.63) is 66.2 Å². The lowest BCUT2D eigenvalue weighted by Gasteiger charge is -2.18. The van der Waals surface area contributed by atoms with Crippen molar-refractivity contribution in [2.45, 2.75) is 30.1 Å². The average molecular weight is 377 g/mol. The maximum Gasteiger partial charge on any atom is 0.229 e. The van der Waals surface area contributed by atoms with Crippen molar-refractivity contribution in [2.75, 3.05) is 17.2 Å². The Balaban J connectivity index is 1.51. The third-order valence-corrected chi connectivity index (χ3v) is 6.40. The summed E-state index contributed by atoms with van der Waals surface area (Å²) in [5.74, 6) is 1.50. The molecule has 0 unspecified atom stereocenters. The van der Waals surface area contributed by atoms with Gasteiger partial charge in [-0.05, 0) is 42.4 Å². The summed E-state index contributed by atoms with van der Waals surface area (Å²) in [6, 6.07) is 13.5. The Hall–Kier alpha value is -2.40. The fourth-order valence-electron chi connectivity index (χ4n) is 3.96. The highest BCUT2D eigenvalue weighted by molar-refractivity contribution is 7.99. The van der Waals surface area contributed by atoms with Crippen molar-refractivity contribution < 1.29 is 4.39 Å². The first kappa shape index (κ1) is 16.8. The van der Waals surface area contributed by atoms with Gasteiger partial charge in [0.1, 0.15) is 5.82 Å². The first-order chi connectivity index (χ1) is 13.2. The van der Waals surface area contributed by atoms with Crippen molar-refractivity contribution >= 4 is 23.4 Å². The molecule has 1 aromatic heterocycles.